The van der Waals surface area contributed by atoms with E-state index in [2.05, 4.69) is 26.5 Å². The van der Waals surface area contributed by atoms with Gasteiger partial charge in [-0.2, -0.15) is 5.10 Å². The molecule has 0 saturated heterocycles. The number of carbonyl (C=O) groups excluding carboxylic acids is 1. The van der Waals surface area contributed by atoms with Gasteiger partial charge >= 0.3 is 0 Å². The van der Waals surface area contributed by atoms with E-state index in [9.17, 15) is 4.79 Å². The minimum atomic E-state index is -0.371. The zero-order valence-electron chi connectivity index (χ0n) is 19.6. The van der Waals surface area contributed by atoms with Gasteiger partial charge in [0.15, 0.2) is 23.0 Å². The molecule has 3 aromatic rings. The van der Waals surface area contributed by atoms with Crippen LogP contribution in [0.3, 0.4) is 0 Å². The van der Waals surface area contributed by atoms with Gasteiger partial charge in [-0.1, -0.05) is 29.8 Å². The highest BCUT2D eigenvalue weighted by atomic mass is 79.9. The molecule has 0 atom stereocenters. The number of rotatable bonds is 10. The number of nitrogens with one attached hydrogen (secondary N) is 1. The molecule has 0 aliphatic carbocycles. The summed E-state index contributed by atoms with van der Waals surface area (Å²) in [6.45, 7) is 4.77. The Morgan fingerprint density at radius 3 is 2.38 bits per heavy atom. The Labute approximate surface area is 207 Å². The van der Waals surface area contributed by atoms with Gasteiger partial charge in [0.1, 0.15) is 6.61 Å². The van der Waals surface area contributed by atoms with Crippen LogP contribution >= 0.6 is 15.9 Å². The van der Waals surface area contributed by atoms with Gasteiger partial charge in [-0.3, -0.25) is 4.79 Å². The van der Waals surface area contributed by atoms with Crippen LogP contribution in [0.1, 0.15) is 34.0 Å². The number of methoxy groups -OCH3 is 2. The normalized spacial score (nSPS) is 10.7. The maximum Gasteiger partial charge on any atom is 0.271 e. The van der Waals surface area contributed by atoms with Crippen LogP contribution < -0.4 is 24.4 Å². The van der Waals surface area contributed by atoms with Gasteiger partial charge in [0.2, 0.25) is 0 Å². The molecule has 3 aromatic carbocycles. The second kappa shape index (κ2) is 12.1. The maximum atomic E-state index is 12.5. The van der Waals surface area contributed by atoms with E-state index in [0.29, 0.717) is 46.2 Å². The Balaban J connectivity index is 1.68. The largest absolute Gasteiger partial charge is 0.493 e. The van der Waals surface area contributed by atoms with E-state index in [1.807, 2.05) is 44.2 Å². The fourth-order valence-electron chi connectivity index (χ4n) is 3.11. The first-order valence-electron chi connectivity index (χ1n) is 10.6. The molecule has 0 radical (unpaired) electrons. The maximum absolute atomic E-state index is 12.5. The van der Waals surface area contributed by atoms with Gasteiger partial charge in [0, 0.05) is 5.56 Å². The van der Waals surface area contributed by atoms with Crippen molar-refractivity contribution in [2.45, 2.75) is 20.5 Å². The van der Waals surface area contributed by atoms with Crippen LogP contribution in [0.15, 0.2) is 64.2 Å². The average Bonchev–Trinajstić information content (AvgIpc) is 2.84. The van der Waals surface area contributed by atoms with Crippen molar-refractivity contribution < 1.29 is 23.7 Å². The molecule has 8 heteroatoms. The SMILES string of the molecule is CCOc1cc(C(=O)N/N=C/c2cc(Br)c(OCc3ccc(C)cc3)c(OC)c2)ccc1OC. The molecule has 0 unspecified atom stereocenters. The fraction of sp³-hybridized carbons (Fsp3) is 0.231. The lowest BCUT2D eigenvalue weighted by Crippen LogP contribution is -2.17. The average molecular weight is 527 g/mol. The van der Waals surface area contributed by atoms with Crippen LogP contribution in [0.5, 0.6) is 23.0 Å². The van der Waals surface area contributed by atoms with Crippen LogP contribution in [-0.2, 0) is 6.61 Å². The summed E-state index contributed by atoms with van der Waals surface area (Å²) in [5.41, 5.74) is 5.89. The summed E-state index contributed by atoms with van der Waals surface area (Å²) < 4.78 is 23.0. The smallest absolute Gasteiger partial charge is 0.271 e. The first-order chi connectivity index (χ1) is 16.4. The molecule has 0 heterocycles. The Kier molecular flexibility index (Phi) is 8.93. The van der Waals surface area contributed by atoms with Crippen molar-refractivity contribution in [3.63, 3.8) is 0 Å². The van der Waals surface area contributed by atoms with Crippen molar-refractivity contribution in [1.29, 1.82) is 0 Å². The summed E-state index contributed by atoms with van der Waals surface area (Å²) in [6, 6.07) is 16.7. The number of hydrogen-bond acceptors (Lipinski definition) is 6. The number of halogens is 1. The Morgan fingerprint density at radius 2 is 1.71 bits per heavy atom. The monoisotopic (exact) mass is 526 g/mol. The lowest BCUT2D eigenvalue weighted by Gasteiger charge is -2.13. The summed E-state index contributed by atoms with van der Waals surface area (Å²) in [4.78, 5) is 12.5. The van der Waals surface area contributed by atoms with Gasteiger partial charge in [-0.25, -0.2) is 5.43 Å². The minimum Gasteiger partial charge on any atom is -0.493 e. The second-order valence-corrected chi connectivity index (χ2v) is 8.16. The summed E-state index contributed by atoms with van der Waals surface area (Å²) in [7, 11) is 3.12. The number of benzene rings is 3. The first kappa shape index (κ1) is 25.1. The molecule has 0 aliphatic heterocycles. The topological polar surface area (TPSA) is 78.4 Å². The minimum absolute atomic E-state index is 0.371. The molecule has 7 nitrogen and oxygen atoms in total. The van der Waals surface area contributed by atoms with Crippen molar-refractivity contribution in [2.24, 2.45) is 5.10 Å². The van der Waals surface area contributed by atoms with Gasteiger partial charge in [-0.15, -0.1) is 0 Å². The van der Waals surface area contributed by atoms with E-state index >= 15 is 0 Å². The van der Waals surface area contributed by atoms with Gasteiger partial charge in [0.05, 0.1) is 31.5 Å². The van der Waals surface area contributed by atoms with Crippen molar-refractivity contribution in [1.82, 2.24) is 5.43 Å². The number of hydrazone groups is 1. The molecule has 0 aromatic heterocycles. The Morgan fingerprint density at radius 1 is 0.971 bits per heavy atom. The van der Waals surface area contributed by atoms with E-state index in [1.165, 1.54) is 11.8 Å². The molecule has 1 amide bonds. The van der Waals surface area contributed by atoms with E-state index < -0.39 is 0 Å². The molecular formula is C26H27BrN2O5. The molecule has 1 N–H and O–H groups in total. The van der Waals surface area contributed by atoms with Crippen LogP contribution in [0, 0.1) is 6.92 Å². The Hall–Kier alpha value is -3.52. The highest BCUT2D eigenvalue weighted by molar-refractivity contribution is 9.10. The standard InChI is InChI=1S/C26H27BrN2O5/c1-5-33-23-14-20(10-11-22(23)31-3)26(30)29-28-15-19-12-21(27)25(24(13-19)32-4)34-16-18-8-6-17(2)7-9-18/h6-15H,5,16H2,1-4H3,(H,29,30)/b28-15+. The number of nitrogens with zero attached hydrogens (tertiary/aromatic N) is 1. The zero-order chi connectivity index (χ0) is 24.5. The number of carbonyl (C=O) groups is 1. The van der Waals surface area contributed by atoms with E-state index in [1.54, 1.807) is 38.5 Å². The fourth-order valence-corrected chi connectivity index (χ4v) is 3.68. The molecule has 34 heavy (non-hydrogen) atoms. The lowest BCUT2D eigenvalue weighted by atomic mass is 10.1. The molecule has 178 valence electrons. The number of ether oxygens (including phenoxy) is 4. The lowest BCUT2D eigenvalue weighted by molar-refractivity contribution is 0.0954. The summed E-state index contributed by atoms with van der Waals surface area (Å²) >= 11 is 3.54. The van der Waals surface area contributed by atoms with Crippen molar-refractivity contribution in [3.8, 4) is 23.0 Å². The zero-order valence-corrected chi connectivity index (χ0v) is 21.1. The predicted octanol–water partition coefficient (Wildman–Crippen LogP) is 5.52. The summed E-state index contributed by atoms with van der Waals surface area (Å²) in [5, 5.41) is 4.07. The third kappa shape index (κ3) is 6.51. The predicted molar refractivity (Wildman–Crippen MR) is 135 cm³/mol. The molecule has 3 rings (SSSR count). The van der Waals surface area contributed by atoms with Crippen molar-refractivity contribution in [3.05, 3.63) is 81.3 Å². The number of aryl methyl sites for hydroxylation is 1. The van der Waals surface area contributed by atoms with Gasteiger partial charge in [0.25, 0.3) is 5.91 Å². The van der Waals surface area contributed by atoms with Crippen LogP contribution in [-0.4, -0.2) is 32.9 Å². The second-order valence-electron chi connectivity index (χ2n) is 7.31. The Bertz CT molecular complexity index is 1160. The summed E-state index contributed by atoms with van der Waals surface area (Å²) in [5.74, 6) is 1.82. The highest BCUT2D eigenvalue weighted by Gasteiger charge is 2.13. The van der Waals surface area contributed by atoms with E-state index in [-0.39, 0.29) is 5.91 Å². The van der Waals surface area contributed by atoms with Crippen LogP contribution in [0.4, 0.5) is 0 Å². The van der Waals surface area contributed by atoms with Crippen LogP contribution in [0.25, 0.3) is 0 Å². The molecule has 0 fully saturated rings. The third-order valence-corrected chi connectivity index (χ3v) is 5.45. The number of hydrogen-bond donors (Lipinski definition) is 1. The molecular weight excluding hydrogens is 500 g/mol. The quantitative estimate of drug-likeness (QED) is 0.278. The third-order valence-electron chi connectivity index (χ3n) is 4.86. The van der Waals surface area contributed by atoms with Crippen molar-refractivity contribution >= 4 is 28.1 Å². The number of amides is 1. The molecule has 0 spiro atoms. The molecule has 0 saturated carbocycles. The van der Waals surface area contributed by atoms with Gasteiger partial charge < -0.3 is 18.9 Å². The van der Waals surface area contributed by atoms with E-state index in [0.717, 1.165) is 11.1 Å². The van der Waals surface area contributed by atoms with Crippen molar-refractivity contribution in [2.75, 3.05) is 20.8 Å². The van der Waals surface area contributed by atoms with Crippen LogP contribution in [0.2, 0.25) is 0 Å². The summed E-state index contributed by atoms with van der Waals surface area (Å²) in [6.07, 6.45) is 1.53. The van der Waals surface area contributed by atoms with E-state index in [4.69, 9.17) is 18.9 Å². The molecule has 0 bridgehead atoms. The molecule has 0 aliphatic rings. The first-order valence-corrected chi connectivity index (χ1v) is 11.4. The highest BCUT2D eigenvalue weighted by Crippen LogP contribution is 2.37. The van der Waals surface area contributed by atoms with Gasteiger partial charge in [-0.05, 0) is 71.2 Å².